The summed E-state index contributed by atoms with van der Waals surface area (Å²) in [7, 11) is 3.92. The number of hydrogen-bond donors (Lipinski definition) is 0. The minimum atomic E-state index is -0.478. The largest absolute Gasteiger partial charge is 0.471 e. The number of rotatable bonds is 7. The fraction of sp³-hybridized carbons (Fsp3) is 0.444. The van der Waals surface area contributed by atoms with Crippen molar-refractivity contribution in [3.8, 4) is 23.1 Å². The Morgan fingerprint density at radius 2 is 2.06 bits per heavy atom. The molecule has 2 saturated heterocycles. The molecular weight excluding hydrogens is 609 g/mol. The summed E-state index contributed by atoms with van der Waals surface area (Å²) in [6, 6.07) is 9.93. The SMILES string of the molecule is C=CC(=O)N1CC[C@H](n2nnc3c(O[C@@H](C)[C@@H]4CCCN4C)nc4c(F)c(-c5cccc6c5c(CC#N)nn6C)c(C)cc4c32)C[C@H]1C. The lowest BCUT2D eigenvalue weighted by Crippen LogP contribution is -2.44. The van der Waals surface area contributed by atoms with Gasteiger partial charge in [0.05, 0.1) is 29.7 Å². The fourth-order valence-electron chi connectivity index (χ4n) is 7.97. The maximum Gasteiger partial charge on any atom is 0.246 e. The first-order valence-corrected chi connectivity index (χ1v) is 16.6. The van der Waals surface area contributed by atoms with Gasteiger partial charge in [0.2, 0.25) is 11.8 Å². The summed E-state index contributed by atoms with van der Waals surface area (Å²) >= 11 is 0. The molecule has 0 unspecified atom stereocenters. The number of carbonyl (C=O) groups excluding carboxylic acids is 1. The smallest absolute Gasteiger partial charge is 0.246 e. The van der Waals surface area contributed by atoms with Crippen LogP contribution in [0.4, 0.5) is 4.39 Å². The number of nitriles is 1. The Hall–Kier alpha value is -4.89. The predicted molar refractivity (Wildman–Crippen MR) is 182 cm³/mol. The average molecular weight is 650 g/mol. The number of carbonyl (C=O) groups is 1. The lowest BCUT2D eigenvalue weighted by molar-refractivity contribution is -0.129. The van der Waals surface area contributed by atoms with Crippen LogP contribution < -0.4 is 4.74 Å². The number of fused-ring (bicyclic) bond motifs is 4. The van der Waals surface area contributed by atoms with Crippen molar-refractivity contribution in [1.82, 2.24) is 39.6 Å². The van der Waals surface area contributed by atoms with Crippen molar-refractivity contribution in [2.24, 2.45) is 7.05 Å². The van der Waals surface area contributed by atoms with Gasteiger partial charge in [-0.25, -0.2) is 14.1 Å². The Balaban J connectivity index is 1.44. The molecule has 0 N–H and O–H groups in total. The Kier molecular flexibility index (Phi) is 8.11. The number of hydrogen-bond acceptors (Lipinski definition) is 8. The maximum absolute atomic E-state index is 17.3. The third-order valence-corrected chi connectivity index (χ3v) is 10.3. The van der Waals surface area contributed by atoms with Crippen molar-refractivity contribution in [2.75, 3.05) is 20.1 Å². The molecule has 0 spiro atoms. The van der Waals surface area contributed by atoms with Crippen LogP contribution in [0.1, 0.15) is 56.8 Å². The Labute approximate surface area is 278 Å². The number of likely N-dealkylation sites (tertiary alicyclic amines) is 2. The van der Waals surface area contributed by atoms with Crippen molar-refractivity contribution >= 4 is 38.7 Å². The van der Waals surface area contributed by atoms with Gasteiger partial charge in [-0.1, -0.05) is 23.9 Å². The van der Waals surface area contributed by atoms with Crippen LogP contribution >= 0.6 is 0 Å². The molecule has 5 aromatic rings. The van der Waals surface area contributed by atoms with Gasteiger partial charge in [-0.05, 0) is 89.4 Å². The highest BCUT2D eigenvalue weighted by Crippen LogP contribution is 2.42. The molecule has 4 atom stereocenters. The van der Waals surface area contributed by atoms with Gasteiger partial charge in [0.15, 0.2) is 11.3 Å². The monoisotopic (exact) mass is 649 g/mol. The van der Waals surface area contributed by atoms with Gasteiger partial charge in [0.25, 0.3) is 0 Å². The van der Waals surface area contributed by atoms with Gasteiger partial charge < -0.3 is 9.64 Å². The number of pyridine rings is 1. The van der Waals surface area contributed by atoms with Gasteiger partial charge in [-0.15, -0.1) is 5.10 Å². The molecule has 5 heterocycles. The Morgan fingerprint density at radius 3 is 2.77 bits per heavy atom. The van der Waals surface area contributed by atoms with E-state index in [1.54, 1.807) is 4.68 Å². The minimum Gasteiger partial charge on any atom is -0.471 e. The molecule has 248 valence electrons. The van der Waals surface area contributed by atoms with E-state index in [0.717, 1.165) is 30.3 Å². The molecule has 1 amide bonds. The molecule has 2 aliphatic heterocycles. The zero-order valence-corrected chi connectivity index (χ0v) is 28.1. The van der Waals surface area contributed by atoms with E-state index >= 15 is 4.39 Å². The fourth-order valence-corrected chi connectivity index (χ4v) is 7.97. The van der Waals surface area contributed by atoms with Crippen molar-refractivity contribution in [3.63, 3.8) is 0 Å². The molecule has 7 rings (SSSR count). The molecule has 2 fully saturated rings. The zero-order valence-electron chi connectivity index (χ0n) is 28.1. The van der Waals surface area contributed by atoms with E-state index in [0.29, 0.717) is 58.2 Å². The maximum atomic E-state index is 17.3. The van der Waals surface area contributed by atoms with E-state index in [1.165, 1.54) is 6.08 Å². The summed E-state index contributed by atoms with van der Waals surface area (Å²) in [5.74, 6) is -0.316. The molecule has 12 heteroatoms. The molecule has 0 radical (unpaired) electrons. The zero-order chi connectivity index (χ0) is 33.9. The predicted octanol–water partition coefficient (Wildman–Crippen LogP) is 5.65. The summed E-state index contributed by atoms with van der Waals surface area (Å²) in [6.45, 7) is 11.1. The highest BCUT2D eigenvalue weighted by atomic mass is 19.1. The van der Waals surface area contributed by atoms with Crippen LogP contribution in [0.3, 0.4) is 0 Å². The highest BCUT2D eigenvalue weighted by molar-refractivity contribution is 6.08. The van der Waals surface area contributed by atoms with Crippen LogP contribution in [0.5, 0.6) is 5.88 Å². The van der Waals surface area contributed by atoms with E-state index in [4.69, 9.17) is 9.72 Å². The second kappa shape index (κ2) is 12.3. The van der Waals surface area contributed by atoms with Gasteiger partial charge in [-0.2, -0.15) is 10.4 Å². The lowest BCUT2D eigenvalue weighted by atomic mass is 9.93. The van der Waals surface area contributed by atoms with Crippen molar-refractivity contribution < 1.29 is 13.9 Å². The third-order valence-electron chi connectivity index (χ3n) is 10.3. The van der Waals surface area contributed by atoms with Gasteiger partial charge in [0, 0.05) is 42.0 Å². The minimum absolute atomic E-state index is 0.0390. The van der Waals surface area contributed by atoms with Crippen LogP contribution in [0.15, 0.2) is 36.9 Å². The third kappa shape index (κ3) is 5.08. The molecule has 2 aromatic carbocycles. The Morgan fingerprint density at radius 1 is 1.25 bits per heavy atom. The number of aromatic nitrogens is 6. The van der Waals surface area contributed by atoms with Crippen molar-refractivity contribution in [3.05, 3.63) is 54.0 Å². The second-order valence-corrected chi connectivity index (χ2v) is 13.3. The molecule has 0 aliphatic carbocycles. The number of likely N-dealkylation sites (N-methyl/N-ethyl adjacent to an activating group) is 1. The van der Waals surface area contributed by atoms with Gasteiger partial charge >= 0.3 is 0 Å². The number of piperidine rings is 1. The molecule has 0 saturated carbocycles. The molecule has 0 bridgehead atoms. The number of ether oxygens (including phenoxy) is 1. The van der Waals surface area contributed by atoms with Gasteiger partial charge in [-0.3, -0.25) is 14.4 Å². The molecule has 11 nitrogen and oxygen atoms in total. The Bertz CT molecular complexity index is 2130. The quantitative estimate of drug-likeness (QED) is 0.208. The summed E-state index contributed by atoms with van der Waals surface area (Å²) < 4.78 is 27.5. The molecule has 3 aromatic heterocycles. The van der Waals surface area contributed by atoms with Gasteiger partial charge in [0.1, 0.15) is 17.1 Å². The van der Waals surface area contributed by atoms with Crippen LogP contribution in [-0.4, -0.2) is 83.8 Å². The lowest BCUT2D eigenvalue weighted by Gasteiger charge is -2.37. The molecule has 2 aliphatic rings. The first kappa shape index (κ1) is 31.7. The van der Waals surface area contributed by atoms with E-state index in [2.05, 4.69) is 40.0 Å². The van der Waals surface area contributed by atoms with Crippen LogP contribution in [0.25, 0.3) is 44.0 Å². The first-order valence-electron chi connectivity index (χ1n) is 16.6. The van der Waals surface area contributed by atoms with E-state index < -0.39 is 5.82 Å². The standard InChI is InChI=1S/C36H40FN9O2/c1-7-29(47)45-17-14-23(19-21(45)3)46-35-25-18-20(2)30(24-10-8-11-28-31(24)26(13-15-38)41-44(28)6)32(37)33(25)39-36(34(35)40-42-46)48-22(4)27-12-9-16-43(27)5/h7-8,10-11,18,21-23,27H,1,9,12-14,16-17,19H2,2-6H3/t21-,22+,23+,27+/m1/s1. The van der Waals surface area contributed by atoms with E-state index in [9.17, 15) is 10.1 Å². The normalized spacial score (nSPS) is 20.9. The van der Waals surface area contributed by atoms with Crippen molar-refractivity contribution in [2.45, 2.75) is 77.1 Å². The van der Waals surface area contributed by atoms with E-state index in [1.807, 2.05) is 61.7 Å². The summed E-state index contributed by atoms with van der Waals surface area (Å²) in [5, 5.41) is 24.7. The average Bonchev–Trinajstić information content (AvgIpc) is 3.79. The molecule has 48 heavy (non-hydrogen) atoms. The second-order valence-electron chi connectivity index (χ2n) is 13.3. The first-order chi connectivity index (χ1) is 23.1. The summed E-state index contributed by atoms with van der Waals surface area (Å²) in [4.78, 5) is 21.5. The van der Waals surface area contributed by atoms with Crippen LogP contribution in [0, 0.1) is 24.1 Å². The number of halogens is 1. The number of aryl methyl sites for hydroxylation is 2. The summed E-state index contributed by atoms with van der Waals surface area (Å²) in [6.07, 6.45) is 4.65. The number of nitrogens with zero attached hydrogens (tertiary/aromatic N) is 9. The number of benzene rings is 2. The molecular formula is C36H40FN9O2. The highest BCUT2D eigenvalue weighted by Gasteiger charge is 2.34. The topological polar surface area (TPSA) is 118 Å². The van der Waals surface area contributed by atoms with Crippen LogP contribution in [0.2, 0.25) is 0 Å². The summed E-state index contributed by atoms with van der Waals surface area (Å²) in [5.41, 5.74) is 4.53. The number of amides is 1. The van der Waals surface area contributed by atoms with Crippen LogP contribution in [-0.2, 0) is 18.3 Å². The van der Waals surface area contributed by atoms with Crippen molar-refractivity contribution in [1.29, 1.82) is 5.26 Å². The van der Waals surface area contributed by atoms with E-state index in [-0.39, 0.29) is 48.0 Å².